The van der Waals surface area contributed by atoms with Gasteiger partial charge in [-0.3, -0.25) is 0 Å². The van der Waals surface area contributed by atoms with E-state index in [1.165, 1.54) is 5.56 Å². The molecule has 0 amide bonds. The minimum atomic E-state index is 0.115. The Morgan fingerprint density at radius 3 is 2.96 bits per heavy atom. The Balaban J connectivity index is 1.54. The fourth-order valence-electron chi connectivity index (χ4n) is 2.48. The smallest absolute Gasteiger partial charge is 0.223 e. The molecule has 2 aromatic rings. The molecule has 1 aromatic carbocycles. The molecule has 1 unspecified atom stereocenters. The molecule has 1 aliphatic heterocycles. The molecule has 0 fully saturated rings. The van der Waals surface area contributed by atoms with Crippen LogP contribution in [0.3, 0.4) is 0 Å². The Hall–Kier alpha value is -2.57. The summed E-state index contributed by atoms with van der Waals surface area (Å²) in [7, 11) is 0. The summed E-state index contributed by atoms with van der Waals surface area (Å²) >= 11 is 0. The normalized spacial score (nSPS) is 16.8. The SMILES string of the molecule is CCNC(=NCc1noc(C)n1)NCC1Cc2ccccc2O1. The summed E-state index contributed by atoms with van der Waals surface area (Å²) < 4.78 is 10.9. The van der Waals surface area contributed by atoms with E-state index in [0.29, 0.717) is 24.8 Å². The molecule has 7 heteroatoms. The number of ether oxygens (including phenoxy) is 1. The third kappa shape index (κ3) is 4.00. The Bertz CT molecular complexity index is 658. The van der Waals surface area contributed by atoms with Crippen LogP contribution in [-0.4, -0.2) is 35.3 Å². The lowest BCUT2D eigenvalue weighted by Gasteiger charge is -2.15. The van der Waals surface area contributed by atoms with Gasteiger partial charge in [-0.2, -0.15) is 4.98 Å². The maximum Gasteiger partial charge on any atom is 0.223 e. The van der Waals surface area contributed by atoms with Crippen molar-refractivity contribution in [2.45, 2.75) is 32.9 Å². The van der Waals surface area contributed by atoms with Gasteiger partial charge in [-0.25, -0.2) is 4.99 Å². The van der Waals surface area contributed by atoms with Gasteiger partial charge < -0.3 is 19.9 Å². The number of aryl methyl sites for hydroxylation is 1. The third-order valence-electron chi connectivity index (χ3n) is 3.50. The van der Waals surface area contributed by atoms with Crippen molar-refractivity contribution in [2.24, 2.45) is 4.99 Å². The lowest BCUT2D eigenvalue weighted by Crippen LogP contribution is -2.42. The molecule has 0 saturated carbocycles. The van der Waals surface area contributed by atoms with Crippen LogP contribution in [0.1, 0.15) is 24.2 Å². The molecule has 0 saturated heterocycles. The molecule has 2 heterocycles. The number of hydrogen-bond donors (Lipinski definition) is 2. The fourth-order valence-corrected chi connectivity index (χ4v) is 2.48. The lowest BCUT2D eigenvalue weighted by atomic mass is 10.1. The van der Waals surface area contributed by atoms with E-state index in [1.54, 1.807) is 6.92 Å². The summed E-state index contributed by atoms with van der Waals surface area (Å²) in [5.74, 6) is 2.81. The Morgan fingerprint density at radius 1 is 1.35 bits per heavy atom. The number of guanidine groups is 1. The first kappa shape index (κ1) is 15.3. The van der Waals surface area contributed by atoms with E-state index in [2.05, 4.69) is 31.8 Å². The van der Waals surface area contributed by atoms with Crippen LogP contribution in [0.25, 0.3) is 0 Å². The van der Waals surface area contributed by atoms with Gasteiger partial charge in [0.15, 0.2) is 11.8 Å². The summed E-state index contributed by atoms with van der Waals surface area (Å²) in [6.07, 6.45) is 1.02. The van der Waals surface area contributed by atoms with Gasteiger partial charge in [0.2, 0.25) is 5.89 Å². The topological polar surface area (TPSA) is 84.6 Å². The summed E-state index contributed by atoms with van der Waals surface area (Å²) in [5, 5.41) is 10.3. The van der Waals surface area contributed by atoms with Crippen LogP contribution in [0.4, 0.5) is 0 Å². The number of aromatic nitrogens is 2. The molecule has 0 aliphatic carbocycles. The highest BCUT2D eigenvalue weighted by Gasteiger charge is 2.22. The summed E-state index contributed by atoms with van der Waals surface area (Å²) in [5.41, 5.74) is 1.25. The summed E-state index contributed by atoms with van der Waals surface area (Å²) in [4.78, 5) is 8.60. The number of hydrogen-bond acceptors (Lipinski definition) is 5. The molecule has 0 spiro atoms. The largest absolute Gasteiger partial charge is 0.488 e. The average molecular weight is 315 g/mol. The zero-order chi connectivity index (χ0) is 16.1. The first-order chi connectivity index (χ1) is 11.2. The number of aliphatic imine (C=N–C) groups is 1. The minimum Gasteiger partial charge on any atom is -0.488 e. The van der Waals surface area contributed by atoms with Gasteiger partial charge in [0.1, 0.15) is 18.4 Å². The van der Waals surface area contributed by atoms with Crippen molar-refractivity contribution in [1.29, 1.82) is 0 Å². The van der Waals surface area contributed by atoms with Crippen LogP contribution in [0.5, 0.6) is 5.75 Å². The maximum atomic E-state index is 5.92. The van der Waals surface area contributed by atoms with Gasteiger partial charge in [0.05, 0.1) is 6.54 Å². The van der Waals surface area contributed by atoms with Crippen LogP contribution >= 0.6 is 0 Å². The molecular formula is C16H21N5O2. The van der Waals surface area contributed by atoms with E-state index in [4.69, 9.17) is 9.26 Å². The highest BCUT2D eigenvalue weighted by atomic mass is 16.5. The minimum absolute atomic E-state index is 0.115. The second kappa shape index (κ2) is 7.13. The van der Waals surface area contributed by atoms with Crippen LogP contribution in [-0.2, 0) is 13.0 Å². The van der Waals surface area contributed by atoms with E-state index < -0.39 is 0 Å². The molecule has 1 atom stereocenters. The molecule has 7 nitrogen and oxygen atoms in total. The standard InChI is InChI=1S/C16H21N5O2/c1-3-17-16(19-10-15-20-11(2)23-21-15)18-9-13-8-12-6-4-5-7-14(12)22-13/h4-7,13H,3,8-10H2,1-2H3,(H2,17,18,19). The molecule has 1 aliphatic rings. The van der Waals surface area contributed by atoms with Crippen molar-refractivity contribution in [1.82, 2.24) is 20.8 Å². The number of benzene rings is 1. The van der Waals surface area contributed by atoms with Gasteiger partial charge >= 0.3 is 0 Å². The van der Waals surface area contributed by atoms with E-state index in [1.807, 2.05) is 25.1 Å². The zero-order valence-electron chi connectivity index (χ0n) is 13.4. The van der Waals surface area contributed by atoms with Crippen molar-refractivity contribution in [3.8, 4) is 5.75 Å². The third-order valence-corrected chi connectivity index (χ3v) is 3.50. The summed E-state index contributed by atoms with van der Waals surface area (Å²) in [6.45, 7) is 5.63. The van der Waals surface area contributed by atoms with Crippen LogP contribution in [0.2, 0.25) is 0 Å². The number of rotatable bonds is 5. The van der Waals surface area contributed by atoms with Crippen molar-refractivity contribution in [3.63, 3.8) is 0 Å². The fraction of sp³-hybridized carbons (Fsp3) is 0.438. The molecule has 1 aromatic heterocycles. The van der Waals surface area contributed by atoms with Gasteiger partial charge in [-0.15, -0.1) is 0 Å². The van der Waals surface area contributed by atoms with Gasteiger partial charge in [0, 0.05) is 19.9 Å². The molecule has 2 N–H and O–H groups in total. The predicted molar refractivity (Wildman–Crippen MR) is 86.4 cm³/mol. The van der Waals surface area contributed by atoms with E-state index >= 15 is 0 Å². The van der Waals surface area contributed by atoms with Crippen LogP contribution < -0.4 is 15.4 Å². The van der Waals surface area contributed by atoms with Crippen molar-refractivity contribution >= 4 is 5.96 Å². The van der Waals surface area contributed by atoms with E-state index in [-0.39, 0.29) is 6.10 Å². The summed E-state index contributed by atoms with van der Waals surface area (Å²) in [6, 6.07) is 8.14. The lowest BCUT2D eigenvalue weighted by molar-refractivity contribution is 0.235. The highest BCUT2D eigenvalue weighted by Crippen LogP contribution is 2.27. The molecule has 0 bridgehead atoms. The van der Waals surface area contributed by atoms with Crippen LogP contribution in [0, 0.1) is 6.92 Å². The Morgan fingerprint density at radius 2 is 2.22 bits per heavy atom. The second-order valence-corrected chi connectivity index (χ2v) is 5.36. The molecule has 3 rings (SSSR count). The average Bonchev–Trinajstić information content (AvgIpc) is 3.15. The van der Waals surface area contributed by atoms with Crippen molar-refractivity contribution in [3.05, 3.63) is 41.5 Å². The highest BCUT2D eigenvalue weighted by molar-refractivity contribution is 5.79. The maximum absolute atomic E-state index is 5.92. The second-order valence-electron chi connectivity index (χ2n) is 5.36. The molecule has 0 radical (unpaired) electrons. The number of nitrogens with zero attached hydrogens (tertiary/aromatic N) is 3. The monoisotopic (exact) mass is 315 g/mol. The van der Waals surface area contributed by atoms with E-state index in [9.17, 15) is 0 Å². The number of fused-ring (bicyclic) bond motifs is 1. The molecule has 23 heavy (non-hydrogen) atoms. The van der Waals surface area contributed by atoms with Gasteiger partial charge in [-0.05, 0) is 18.6 Å². The number of nitrogens with one attached hydrogen (secondary N) is 2. The molecular weight excluding hydrogens is 294 g/mol. The van der Waals surface area contributed by atoms with Gasteiger partial charge in [-0.1, -0.05) is 23.4 Å². The Labute approximate surface area is 135 Å². The first-order valence-corrected chi connectivity index (χ1v) is 7.80. The molecule has 122 valence electrons. The first-order valence-electron chi connectivity index (χ1n) is 7.80. The quantitative estimate of drug-likeness (QED) is 0.641. The van der Waals surface area contributed by atoms with Crippen molar-refractivity contribution < 1.29 is 9.26 Å². The van der Waals surface area contributed by atoms with Gasteiger partial charge in [0.25, 0.3) is 0 Å². The van der Waals surface area contributed by atoms with E-state index in [0.717, 1.165) is 24.7 Å². The van der Waals surface area contributed by atoms with Crippen molar-refractivity contribution in [2.75, 3.05) is 13.1 Å². The Kier molecular flexibility index (Phi) is 4.75. The number of para-hydroxylation sites is 1. The zero-order valence-corrected chi connectivity index (χ0v) is 13.4. The predicted octanol–water partition coefficient (Wildman–Crippen LogP) is 1.44. The van der Waals surface area contributed by atoms with Crippen LogP contribution in [0.15, 0.2) is 33.8 Å².